The summed E-state index contributed by atoms with van der Waals surface area (Å²) in [6.45, 7) is 0. The number of nitro groups is 1. The number of hydrogen-bond donors (Lipinski definition) is 1. The van der Waals surface area contributed by atoms with Crippen LogP contribution in [0.2, 0.25) is 5.02 Å². The van der Waals surface area contributed by atoms with Crippen molar-refractivity contribution in [2.75, 3.05) is 0 Å². The number of ketones is 1. The Morgan fingerprint density at radius 3 is 2.77 bits per heavy atom. The smallest absolute Gasteiger partial charge is 0.288 e. The molecule has 0 radical (unpaired) electrons. The van der Waals surface area contributed by atoms with Crippen LogP contribution < -0.4 is 0 Å². The number of Topliss-reactive ketones (excluding diaryl/α,β-unsaturated/α-hetero) is 1. The molecule has 0 atom stereocenters. The summed E-state index contributed by atoms with van der Waals surface area (Å²) in [5.74, 6) is -1.04. The van der Waals surface area contributed by atoms with Gasteiger partial charge in [-0.3, -0.25) is 14.9 Å². The predicted molar refractivity (Wildman–Crippen MR) is 94.3 cm³/mol. The molecular weight excluding hydrogens is 361 g/mol. The summed E-state index contributed by atoms with van der Waals surface area (Å²) in [6, 6.07) is 9.65. The van der Waals surface area contributed by atoms with Crippen molar-refractivity contribution in [3.63, 3.8) is 0 Å². The number of nitriles is 1. The number of benzene rings is 2. The van der Waals surface area contributed by atoms with Crippen LogP contribution in [0.25, 0.3) is 17.0 Å². The Labute approximate surface area is 151 Å². The Morgan fingerprint density at radius 1 is 1.31 bits per heavy atom. The van der Waals surface area contributed by atoms with E-state index in [1.165, 1.54) is 48.7 Å². The topological polar surface area (TPSA) is 99.8 Å². The second kappa shape index (κ2) is 6.78. The number of nitro benzene ring substituents is 1. The molecule has 0 unspecified atom stereocenters. The molecule has 6 nitrogen and oxygen atoms in total. The minimum absolute atomic E-state index is 0.0457. The number of fused-ring (bicyclic) bond motifs is 1. The van der Waals surface area contributed by atoms with Gasteiger partial charge in [0.1, 0.15) is 22.5 Å². The Bertz CT molecular complexity index is 1130. The van der Waals surface area contributed by atoms with Gasteiger partial charge in [0.2, 0.25) is 5.78 Å². The molecular formula is C18H9ClFN3O3. The molecule has 1 heterocycles. The average molecular weight is 370 g/mol. The van der Waals surface area contributed by atoms with Crippen LogP contribution in [0.3, 0.4) is 0 Å². The van der Waals surface area contributed by atoms with Crippen molar-refractivity contribution in [1.82, 2.24) is 4.98 Å². The predicted octanol–water partition coefficient (Wildman–Crippen LogP) is 4.66. The lowest BCUT2D eigenvalue weighted by Crippen LogP contribution is -2.01. The van der Waals surface area contributed by atoms with Crippen LogP contribution in [0.5, 0.6) is 0 Å². The standard InChI is InChI=1S/C18H9ClFN3O3/c19-15-4-1-10(6-17(15)23(25)26)5-11(8-21)18(24)14-9-22-16-7-12(20)2-3-13(14)16/h1-7,9,22H/b11-5+. The van der Waals surface area contributed by atoms with Crippen LogP contribution in [0.1, 0.15) is 15.9 Å². The first-order chi connectivity index (χ1) is 12.4. The maximum atomic E-state index is 13.3. The number of aromatic amines is 1. The highest BCUT2D eigenvalue weighted by Crippen LogP contribution is 2.27. The van der Waals surface area contributed by atoms with Gasteiger partial charge < -0.3 is 4.98 Å². The fourth-order valence-corrected chi connectivity index (χ4v) is 2.69. The first-order valence-electron chi connectivity index (χ1n) is 7.28. The van der Waals surface area contributed by atoms with E-state index in [0.717, 1.165) is 0 Å². The summed E-state index contributed by atoms with van der Waals surface area (Å²) in [7, 11) is 0. The van der Waals surface area contributed by atoms with E-state index < -0.39 is 16.5 Å². The summed E-state index contributed by atoms with van der Waals surface area (Å²) in [4.78, 5) is 25.7. The van der Waals surface area contributed by atoms with Gasteiger partial charge in [-0.2, -0.15) is 5.26 Å². The summed E-state index contributed by atoms with van der Waals surface area (Å²) in [5, 5.41) is 20.7. The van der Waals surface area contributed by atoms with E-state index in [1.54, 1.807) is 6.07 Å². The van der Waals surface area contributed by atoms with Crippen LogP contribution in [0.15, 0.2) is 48.2 Å². The van der Waals surface area contributed by atoms with Gasteiger partial charge in [0.15, 0.2) is 0 Å². The SMILES string of the molecule is N#C/C(=C\c1ccc(Cl)c([N+](=O)[O-])c1)C(=O)c1c[nH]c2cc(F)ccc12. The summed E-state index contributed by atoms with van der Waals surface area (Å²) >= 11 is 5.75. The Balaban J connectivity index is 2.04. The maximum Gasteiger partial charge on any atom is 0.288 e. The largest absolute Gasteiger partial charge is 0.360 e. The minimum atomic E-state index is -0.651. The highest BCUT2D eigenvalue weighted by atomic mass is 35.5. The van der Waals surface area contributed by atoms with E-state index in [2.05, 4.69) is 4.98 Å². The molecule has 3 aromatic rings. The molecule has 0 bridgehead atoms. The van der Waals surface area contributed by atoms with Gasteiger partial charge in [-0.05, 0) is 35.9 Å². The molecule has 0 aliphatic heterocycles. The number of aromatic nitrogens is 1. The van der Waals surface area contributed by atoms with Gasteiger partial charge in [0.05, 0.1) is 4.92 Å². The molecule has 1 N–H and O–H groups in total. The van der Waals surface area contributed by atoms with E-state index in [-0.39, 0.29) is 27.4 Å². The van der Waals surface area contributed by atoms with Crippen LogP contribution in [0.4, 0.5) is 10.1 Å². The monoisotopic (exact) mass is 369 g/mol. The Hall–Kier alpha value is -3.50. The zero-order valence-electron chi connectivity index (χ0n) is 13.0. The average Bonchev–Trinajstić information content (AvgIpc) is 3.03. The second-order valence-corrected chi connectivity index (χ2v) is 5.77. The fourth-order valence-electron chi connectivity index (χ4n) is 2.51. The highest BCUT2D eigenvalue weighted by Gasteiger charge is 2.18. The van der Waals surface area contributed by atoms with Crippen molar-refractivity contribution >= 4 is 40.1 Å². The lowest BCUT2D eigenvalue weighted by Gasteiger charge is -2.00. The minimum Gasteiger partial charge on any atom is -0.360 e. The number of carbonyl (C=O) groups is 1. The summed E-state index contributed by atoms with van der Waals surface area (Å²) in [6.07, 6.45) is 2.63. The molecule has 0 saturated heterocycles. The zero-order valence-corrected chi connectivity index (χ0v) is 13.7. The number of nitrogens with zero attached hydrogens (tertiary/aromatic N) is 2. The number of rotatable bonds is 4. The third-order valence-corrected chi connectivity index (χ3v) is 4.05. The number of carbonyl (C=O) groups excluding carboxylic acids is 1. The number of halogens is 2. The van der Waals surface area contributed by atoms with Crippen molar-refractivity contribution in [3.8, 4) is 6.07 Å². The lowest BCUT2D eigenvalue weighted by molar-refractivity contribution is -0.384. The van der Waals surface area contributed by atoms with Gasteiger partial charge >= 0.3 is 0 Å². The molecule has 0 aliphatic rings. The molecule has 26 heavy (non-hydrogen) atoms. The first kappa shape index (κ1) is 17.3. The quantitative estimate of drug-likeness (QED) is 0.237. The molecule has 0 fully saturated rings. The maximum absolute atomic E-state index is 13.3. The second-order valence-electron chi connectivity index (χ2n) is 5.36. The van der Waals surface area contributed by atoms with E-state index in [9.17, 15) is 24.6 Å². The third-order valence-electron chi connectivity index (χ3n) is 3.73. The van der Waals surface area contributed by atoms with Gasteiger partial charge in [0, 0.05) is 28.7 Å². The molecule has 0 spiro atoms. The lowest BCUT2D eigenvalue weighted by atomic mass is 10.0. The van der Waals surface area contributed by atoms with Crippen LogP contribution in [-0.4, -0.2) is 15.7 Å². The van der Waals surface area contributed by atoms with Crippen LogP contribution >= 0.6 is 11.6 Å². The molecule has 1 aromatic heterocycles. The normalized spacial score (nSPS) is 11.3. The van der Waals surface area contributed by atoms with Gasteiger partial charge in [-0.1, -0.05) is 17.7 Å². The third kappa shape index (κ3) is 3.18. The molecule has 128 valence electrons. The van der Waals surface area contributed by atoms with E-state index >= 15 is 0 Å². The van der Waals surface area contributed by atoms with E-state index in [1.807, 2.05) is 0 Å². The number of nitrogens with one attached hydrogen (secondary N) is 1. The first-order valence-corrected chi connectivity index (χ1v) is 7.65. The van der Waals surface area contributed by atoms with Gasteiger partial charge in [0.25, 0.3) is 5.69 Å². The van der Waals surface area contributed by atoms with E-state index in [4.69, 9.17) is 11.6 Å². The fraction of sp³-hybridized carbons (Fsp3) is 0. The van der Waals surface area contributed by atoms with Crippen molar-refractivity contribution < 1.29 is 14.1 Å². The molecule has 3 rings (SSSR count). The number of H-pyrrole nitrogens is 1. The zero-order chi connectivity index (χ0) is 18.8. The summed E-state index contributed by atoms with van der Waals surface area (Å²) < 4.78 is 13.3. The highest BCUT2D eigenvalue weighted by molar-refractivity contribution is 6.32. The van der Waals surface area contributed by atoms with Gasteiger partial charge in [-0.25, -0.2) is 4.39 Å². The molecule has 0 amide bonds. The molecule has 2 aromatic carbocycles. The molecule has 0 saturated carbocycles. The van der Waals surface area contributed by atoms with Crippen molar-refractivity contribution in [2.24, 2.45) is 0 Å². The molecule has 8 heteroatoms. The van der Waals surface area contributed by atoms with Gasteiger partial charge in [-0.15, -0.1) is 0 Å². The van der Waals surface area contributed by atoms with Crippen molar-refractivity contribution in [2.45, 2.75) is 0 Å². The Kier molecular flexibility index (Phi) is 4.52. The van der Waals surface area contributed by atoms with E-state index in [0.29, 0.717) is 10.9 Å². The van der Waals surface area contributed by atoms with Crippen molar-refractivity contribution in [1.29, 1.82) is 5.26 Å². The number of hydrogen-bond acceptors (Lipinski definition) is 4. The van der Waals surface area contributed by atoms with Crippen LogP contribution in [-0.2, 0) is 0 Å². The Morgan fingerprint density at radius 2 is 2.08 bits per heavy atom. The molecule has 0 aliphatic carbocycles. The number of allylic oxidation sites excluding steroid dienone is 1. The summed E-state index contributed by atoms with van der Waals surface area (Å²) in [5.41, 5.74) is 0.375. The van der Waals surface area contributed by atoms with Crippen LogP contribution in [0, 0.1) is 27.3 Å². The van der Waals surface area contributed by atoms with Crippen molar-refractivity contribution in [3.05, 3.63) is 80.2 Å².